The zero-order chi connectivity index (χ0) is 28.5. The first-order valence-electron chi connectivity index (χ1n) is 13.4. The van der Waals surface area contributed by atoms with Gasteiger partial charge in [0.05, 0.1) is 22.1 Å². The Hall–Kier alpha value is -5.36. The van der Waals surface area contributed by atoms with Crippen molar-refractivity contribution in [1.29, 1.82) is 0 Å². The monoisotopic (exact) mass is 556 g/mol. The summed E-state index contributed by atoms with van der Waals surface area (Å²) in [6, 6.07) is 34.3. The van der Waals surface area contributed by atoms with Gasteiger partial charge in [-0.25, -0.2) is 17.6 Å². The van der Waals surface area contributed by atoms with Crippen LogP contribution in [0, 0.1) is 23.3 Å². The smallest absolute Gasteiger partial charge is 0.123 e. The molecule has 6 aromatic carbocycles. The van der Waals surface area contributed by atoms with E-state index in [9.17, 15) is 17.6 Å². The van der Waals surface area contributed by atoms with Crippen LogP contribution in [0.15, 0.2) is 121 Å². The van der Waals surface area contributed by atoms with E-state index in [1.807, 2.05) is 57.7 Å². The predicted molar refractivity (Wildman–Crippen MR) is 160 cm³/mol. The normalized spacial score (nSPS) is 11.8. The van der Waals surface area contributed by atoms with E-state index in [0.717, 1.165) is 44.6 Å². The summed E-state index contributed by atoms with van der Waals surface area (Å²) in [6.07, 6.45) is 0. The third-order valence-corrected chi connectivity index (χ3v) is 7.96. The van der Waals surface area contributed by atoms with Crippen LogP contribution < -0.4 is 0 Å². The maximum atomic E-state index is 14.1. The molecule has 2 aromatic heterocycles. The number of benzene rings is 6. The lowest BCUT2D eigenvalue weighted by Gasteiger charge is -2.11. The van der Waals surface area contributed by atoms with Crippen LogP contribution in [0.3, 0.4) is 0 Å². The first-order valence-corrected chi connectivity index (χ1v) is 13.4. The Morgan fingerprint density at radius 2 is 0.571 bits per heavy atom. The van der Waals surface area contributed by atoms with Gasteiger partial charge in [-0.2, -0.15) is 0 Å². The highest BCUT2D eigenvalue weighted by Crippen LogP contribution is 2.35. The van der Waals surface area contributed by atoms with Crippen molar-refractivity contribution < 1.29 is 17.6 Å². The molecule has 0 fully saturated rings. The molecule has 202 valence electrons. The van der Waals surface area contributed by atoms with Crippen LogP contribution in [0.1, 0.15) is 0 Å². The molecule has 0 amide bonds. The number of rotatable bonds is 3. The quantitative estimate of drug-likeness (QED) is 0.192. The average Bonchev–Trinajstić information content (AvgIpc) is 3.48. The maximum absolute atomic E-state index is 14.1. The molecule has 0 aliphatic heterocycles. The molecule has 8 aromatic rings. The Morgan fingerprint density at radius 1 is 0.310 bits per heavy atom. The minimum Gasteiger partial charge on any atom is -0.309 e. The molecule has 0 bridgehead atoms. The van der Waals surface area contributed by atoms with E-state index >= 15 is 0 Å². The minimum absolute atomic E-state index is 0.371. The Bertz CT molecular complexity index is 2040. The fourth-order valence-electron chi connectivity index (χ4n) is 6.10. The molecule has 6 heteroatoms. The Kier molecular flexibility index (Phi) is 5.28. The van der Waals surface area contributed by atoms with E-state index in [1.165, 1.54) is 48.5 Å². The van der Waals surface area contributed by atoms with Gasteiger partial charge in [0.15, 0.2) is 0 Å². The Morgan fingerprint density at radius 3 is 0.833 bits per heavy atom. The van der Waals surface area contributed by atoms with E-state index in [0.29, 0.717) is 21.5 Å². The molecule has 0 aliphatic carbocycles. The van der Waals surface area contributed by atoms with Crippen molar-refractivity contribution in [2.75, 3.05) is 0 Å². The maximum Gasteiger partial charge on any atom is 0.123 e. The van der Waals surface area contributed by atoms with Crippen LogP contribution in [-0.2, 0) is 0 Å². The van der Waals surface area contributed by atoms with Gasteiger partial charge in [0.1, 0.15) is 23.3 Å². The van der Waals surface area contributed by atoms with Gasteiger partial charge in [-0.15, -0.1) is 0 Å². The molecular weight excluding hydrogens is 536 g/mol. The molecule has 0 aliphatic rings. The third-order valence-electron chi connectivity index (χ3n) is 7.96. The van der Waals surface area contributed by atoms with Crippen molar-refractivity contribution in [2.24, 2.45) is 0 Å². The summed E-state index contributed by atoms with van der Waals surface area (Å²) >= 11 is 0. The summed E-state index contributed by atoms with van der Waals surface area (Å²) in [4.78, 5) is 0. The van der Waals surface area contributed by atoms with Gasteiger partial charge in [-0.1, -0.05) is 24.3 Å². The largest absolute Gasteiger partial charge is 0.309 e. The highest BCUT2D eigenvalue weighted by atomic mass is 19.1. The van der Waals surface area contributed by atoms with Gasteiger partial charge in [-0.3, -0.25) is 0 Å². The first-order chi connectivity index (χ1) is 20.4. The number of aromatic nitrogens is 2. The summed E-state index contributed by atoms with van der Waals surface area (Å²) in [6.45, 7) is 0. The van der Waals surface area contributed by atoms with Gasteiger partial charge in [0.2, 0.25) is 0 Å². The van der Waals surface area contributed by atoms with E-state index in [2.05, 4.69) is 0 Å². The second-order valence-electron chi connectivity index (χ2n) is 10.4. The van der Waals surface area contributed by atoms with Crippen molar-refractivity contribution in [3.63, 3.8) is 0 Å². The standard InChI is InChI=1S/C36H20F4N2/c37-23-5-13-33-29(17-23)30-18-24(38)6-14-34(30)41(33)27-9-1-21(2-10-27)22-3-11-28(12-4-22)42-35-15-7-25(39)19-31(35)32-20-26(40)8-16-36(32)42/h1-20H. The summed E-state index contributed by atoms with van der Waals surface area (Å²) in [5.41, 5.74) is 6.90. The molecule has 0 saturated carbocycles. The molecule has 42 heavy (non-hydrogen) atoms. The van der Waals surface area contributed by atoms with Gasteiger partial charge in [0.25, 0.3) is 0 Å². The van der Waals surface area contributed by atoms with Crippen LogP contribution >= 0.6 is 0 Å². The van der Waals surface area contributed by atoms with Gasteiger partial charge >= 0.3 is 0 Å². The van der Waals surface area contributed by atoms with Crippen LogP contribution in [0.25, 0.3) is 66.1 Å². The Balaban J connectivity index is 1.20. The zero-order valence-corrected chi connectivity index (χ0v) is 22.0. The zero-order valence-electron chi connectivity index (χ0n) is 22.0. The first kappa shape index (κ1) is 24.4. The van der Waals surface area contributed by atoms with Crippen LogP contribution in [0.4, 0.5) is 17.6 Å². The van der Waals surface area contributed by atoms with E-state index in [4.69, 9.17) is 0 Å². The van der Waals surface area contributed by atoms with E-state index < -0.39 is 0 Å². The van der Waals surface area contributed by atoms with Crippen molar-refractivity contribution >= 4 is 43.6 Å². The second kappa shape index (κ2) is 9.08. The lowest BCUT2D eigenvalue weighted by atomic mass is 10.0. The molecule has 2 heterocycles. The SMILES string of the molecule is Fc1ccc2c(c1)c1cc(F)ccc1n2-c1ccc(-c2ccc(-n3c4ccc(F)cc4c4cc(F)ccc43)cc2)cc1. The number of fused-ring (bicyclic) bond motifs is 6. The lowest BCUT2D eigenvalue weighted by molar-refractivity contribution is 0.628. The van der Waals surface area contributed by atoms with Crippen molar-refractivity contribution in [1.82, 2.24) is 9.13 Å². The molecule has 0 N–H and O–H groups in total. The van der Waals surface area contributed by atoms with Crippen molar-refractivity contribution in [3.05, 3.63) is 145 Å². The number of halogens is 4. The summed E-state index contributed by atoms with van der Waals surface area (Å²) in [7, 11) is 0. The van der Waals surface area contributed by atoms with Gasteiger partial charge in [-0.05, 0) is 108 Å². The van der Waals surface area contributed by atoms with E-state index in [-0.39, 0.29) is 23.3 Å². The molecule has 0 atom stereocenters. The molecule has 8 rings (SSSR count). The third kappa shape index (κ3) is 3.72. The van der Waals surface area contributed by atoms with Crippen molar-refractivity contribution in [2.45, 2.75) is 0 Å². The fraction of sp³-hybridized carbons (Fsp3) is 0. The number of nitrogens with zero attached hydrogens (tertiary/aromatic N) is 2. The summed E-state index contributed by atoms with van der Waals surface area (Å²) < 4.78 is 60.4. The molecular formula is C36H20F4N2. The van der Waals surface area contributed by atoms with Gasteiger partial charge < -0.3 is 9.13 Å². The predicted octanol–water partition coefficient (Wildman–Crippen LogP) is 10.1. The Labute approximate surface area is 237 Å². The lowest BCUT2D eigenvalue weighted by Crippen LogP contribution is -1.95. The number of hydrogen-bond acceptors (Lipinski definition) is 0. The fourth-order valence-corrected chi connectivity index (χ4v) is 6.10. The average molecular weight is 557 g/mol. The molecule has 0 spiro atoms. The van der Waals surface area contributed by atoms with Crippen molar-refractivity contribution in [3.8, 4) is 22.5 Å². The number of hydrogen-bond donors (Lipinski definition) is 0. The van der Waals surface area contributed by atoms with Crippen LogP contribution in [0.2, 0.25) is 0 Å². The molecule has 2 nitrogen and oxygen atoms in total. The summed E-state index contributed by atoms with van der Waals surface area (Å²) in [5, 5.41) is 2.61. The topological polar surface area (TPSA) is 9.86 Å². The van der Waals surface area contributed by atoms with Crippen LogP contribution in [0.5, 0.6) is 0 Å². The molecule has 0 unspecified atom stereocenters. The highest BCUT2D eigenvalue weighted by molar-refractivity contribution is 6.10. The molecule has 0 saturated heterocycles. The van der Waals surface area contributed by atoms with E-state index in [1.54, 1.807) is 24.3 Å². The molecule has 0 radical (unpaired) electrons. The minimum atomic E-state index is -0.371. The van der Waals surface area contributed by atoms with Gasteiger partial charge in [0, 0.05) is 32.9 Å². The summed E-state index contributed by atoms with van der Waals surface area (Å²) in [5.74, 6) is -1.48. The second-order valence-corrected chi connectivity index (χ2v) is 10.4. The van der Waals surface area contributed by atoms with Crippen LogP contribution in [-0.4, -0.2) is 9.13 Å². The highest BCUT2D eigenvalue weighted by Gasteiger charge is 2.16.